The molecular formula is C22H26N4O2. The number of carbonyl (C=O) groups is 2. The summed E-state index contributed by atoms with van der Waals surface area (Å²) < 4.78 is 0. The molecule has 0 aliphatic rings. The van der Waals surface area contributed by atoms with Gasteiger partial charge in [-0.15, -0.1) is 0 Å². The van der Waals surface area contributed by atoms with Gasteiger partial charge in [0.2, 0.25) is 0 Å². The Labute approximate surface area is 165 Å². The first-order chi connectivity index (χ1) is 13.4. The fourth-order valence-corrected chi connectivity index (χ4v) is 2.60. The molecule has 0 bridgehead atoms. The lowest BCUT2D eigenvalue weighted by molar-refractivity contribution is -0.139. The molecule has 2 amide bonds. The van der Waals surface area contributed by atoms with E-state index in [4.69, 9.17) is 0 Å². The van der Waals surface area contributed by atoms with E-state index in [1.807, 2.05) is 88.4 Å². The van der Waals surface area contributed by atoms with E-state index in [0.717, 1.165) is 11.1 Å². The molecule has 0 saturated carbocycles. The summed E-state index contributed by atoms with van der Waals surface area (Å²) in [6.07, 6.45) is 0. The first-order valence-corrected chi connectivity index (χ1v) is 9.26. The van der Waals surface area contributed by atoms with E-state index >= 15 is 0 Å². The lowest BCUT2D eigenvalue weighted by atomic mass is 10.0. The van der Waals surface area contributed by atoms with E-state index < -0.39 is 11.8 Å². The van der Waals surface area contributed by atoms with Crippen LogP contribution in [0.25, 0.3) is 0 Å². The Bertz CT molecular complexity index is 783. The topological polar surface area (TPSA) is 82.9 Å². The smallest absolute Gasteiger partial charge is 0.262 e. The largest absolute Gasteiger partial charge is 0.331 e. The zero-order valence-corrected chi connectivity index (χ0v) is 16.6. The standard InChI is InChI=1S/C22H26N4O2/c1-15(2)19(17-11-7-5-8-12-17)23-25-21(27)22(28)26-24-20(16(3)4)18-13-9-6-10-14-18/h5-16H,1-4H3,(H,25,27)(H,26,28)/b23-19-,24-20-. The van der Waals surface area contributed by atoms with Crippen molar-refractivity contribution in [3.05, 3.63) is 71.8 Å². The number of carbonyl (C=O) groups excluding carboxylic acids is 2. The van der Waals surface area contributed by atoms with Gasteiger partial charge in [0.1, 0.15) is 0 Å². The molecule has 6 nitrogen and oxygen atoms in total. The third-order valence-electron chi connectivity index (χ3n) is 3.99. The molecule has 0 heterocycles. The van der Waals surface area contributed by atoms with Gasteiger partial charge in [0.25, 0.3) is 0 Å². The van der Waals surface area contributed by atoms with Crippen molar-refractivity contribution in [1.82, 2.24) is 10.9 Å². The maximum Gasteiger partial charge on any atom is 0.331 e. The van der Waals surface area contributed by atoms with E-state index in [-0.39, 0.29) is 11.8 Å². The van der Waals surface area contributed by atoms with Gasteiger partial charge in [0.15, 0.2) is 0 Å². The normalized spacial score (nSPS) is 12.2. The SMILES string of the molecule is CC(C)/C(=N/NC(=O)C(=O)N/N=C(\c1ccccc1)C(C)C)c1ccccc1. The second kappa shape index (κ2) is 10.2. The van der Waals surface area contributed by atoms with E-state index in [1.54, 1.807) is 0 Å². The van der Waals surface area contributed by atoms with Crippen LogP contribution < -0.4 is 10.9 Å². The Kier molecular flexibility index (Phi) is 7.63. The maximum absolute atomic E-state index is 12.1. The van der Waals surface area contributed by atoms with Gasteiger partial charge in [-0.2, -0.15) is 10.2 Å². The van der Waals surface area contributed by atoms with Crippen molar-refractivity contribution < 1.29 is 9.59 Å². The molecule has 0 saturated heterocycles. The summed E-state index contributed by atoms with van der Waals surface area (Å²) in [4.78, 5) is 24.2. The van der Waals surface area contributed by atoms with Crippen LogP contribution in [0.1, 0.15) is 38.8 Å². The Hall–Kier alpha value is -3.28. The second-order valence-electron chi connectivity index (χ2n) is 6.92. The molecule has 0 aliphatic heterocycles. The van der Waals surface area contributed by atoms with Crippen molar-refractivity contribution in [3.8, 4) is 0 Å². The molecule has 28 heavy (non-hydrogen) atoms. The lowest BCUT2D eigenvalue weighted by Crippen LogP contribution is -2.37. The number of hydrazone groups is 2. The molecule has 0 spiro atoms. The Morgan fingerprint density at radius 1 is 0.643 bits per heavy atom. The van der Waals surface area contributed by atoms with Gasteiger partial charge in [-0.1, -0.05) is 88.4 Å². The quantitative estimate of drug-likeness (QED) is 0.459. The minimum atomic E-state index is -0.867. The highest BCUT2D eigenvalue weighted by molar-refractivity contribution is 6.35. The van der Waals surface area contributed by atoms with Crippen molar-refractivity contribution >= 4 is 23.2 Å². The zero-order valence-electron chi connectivity index (χ0n) is 16.6. The number of rotatable bonds is 6. The fraction of sp³-hybridized carbons (Fsp3) is 0.273. The number of hydrogen-bond donors (Lipinski definition) is 2. The summed E-state index contributed by atoms with van der Waals surface area (Å²) in [6, 6.07) is 19.0. The van der Waals surface area contributed by atoms with Gasteiger partial charge in [0.05, 0.1) is 11.4 Å². The van der Waals surface area contributed by atoms with Crippen LogP contribution >= 0.6 is 0 Å². The number of benzene rings is 2. The van der Waals surface area contributed by atoms with Gasteiger partial charge >= 0.3 is 11.8 Å². The molecule has 2 aromatic carbocycles. The first-order valence-electron chi connectivity index (χ1n) is 9.26. The summed E-state index contributed by atoms with van der Waals surface area (Å²) >= 11 is 0. The monoisotopic (exact) mass is 378 g/mol. The average molecular weight is 378 g/mol. The molecule has 6 heteroatoms. The summed E-state index contributed by atoms with van der Waals surface area (Å²) in [5.41, 5.74) is 7.81. The molecule has 0 unspecified atom stereocenters. The molecule has 2 aromatic rings. The molecule has 146 valence electrons. The van der Waals surface area contributed by atoms with Gasteiger partial charge in [-0.05, 0) is 23.0 Å². The second-order valence-corrected chi connectivity index (χ2v) is 6.92. The van der Waals surface area contributed by atoms with Crippen molar-refractivity contribution in [2.45, 2.75) is 27.7 Å². The van der Waals surface area contributed by atoms with Gasteiger partial charge in [-0.25, -0.2) is 10.9 Å². The van der Waals surface area contributed by atoms with Gasteiger partial charge < -0.3 is 0 Å². The van der Waals surface area contributed by atoms with Crippen LogP contribution in [0.2, 0.25) is 0 Å². The highest BCUT2D eigenvalue weighted by Crippen LogP contribution is 2.10. The van der Waals surface area contributed by atoms with Crippen LogP contribution in [0.15, 0.2) is 70.9 Å². The summed E-state index contributed by atoms with van der Waals surface area (Å²) in [7, 11) is 0. The molecule has 2 rings (SSSR count). The third-order valence-corrected chi connectivity index (χ3v) is 3.99. The van der Waals surface area contributed by atoms with Crippen LogP contribution in [0.5, 0.6) is 0 Å². The van der Waals surface area contributed by atoms with E-state index in [9.17, 15) is 9.59 Å². The predicted molar refractivity (Wildman–Crippen MR) is 112 cm³/mol. The molecule has 2 N–H and O–H groups in total. The Morgan fingerprint density at radius 2 is 0.964 bits per heavy atom. The molecule has 0 atom stereocenters. The van der Waals surface area contributed by atoms with Crippen LogP contribution in [-0.2, 0) is 9.59 Å². The molecule has 0 aliphatic carbocycles. The summed E-state index contributed by atoms with van der Waals surface area (Å²) in [6.45, 7) is 7.88. The average Bonchev–Trinajstić information content (AvgIpc) is 2.69. The van der Waals surface area contributed by atoms with E-state index in [1.165, 1.54) is 0 Å². The highest BCUT2D eigenvalue weighted by atomic mass is 16.2. The lowest BCUT2D eigenvalue weighted by Gasteiger charge is -2.11. The third kappa shape index (κ3) is 5.87. The van der Waals surface area contributed by atoms with Crippen molar-refractivity contribution in [3.63, 3.8) is 0 Å². The summed E-state index contributed by atoms with van der Waals surface area (Å²) in [5.74, 6) is -1.58. The van der Waals surface area contributed by atoms with Crippen molar-refractivity contribution in [1.29, 1.82) is 0 Å². The summed E-state index contributed by atoms with van der Waals surface area (Å²) in [5, 5.41) is 8.29. The van der Waals surface area contributed by atoms with Crippen LogP contribution in [0.4, 0.5) is 0 Å². The fourth-order valence-electron chi connectivity index (χ4n) is 2.60. The maximum atomic E-state index is 12.1. The zero-order chi connectivity index (χ0) is 20.5. The van der Waals surface area contributed by atoms with E-state index in [2.05, 4.69) is 21.1 Å². The molecule has 0 aromatic heterocycles. The number of amides is 2. The number of nitrogens with zero attached hydrogens (tertiary/aromatic N) is 2. The number of hydrogen-bond acceptors (Lipinski definition) is 4. The minimum Gasteiger partial charge on any atom is -0.262 e. The van der Waals surface area contributed by atoms with Crippen LogP contribution in [0, 0.1) is 11.8 Å². The predicted octanol–water partition coefficient (Wildman–Crippen LogP) is 3.34. The van der Waals surface area contributed by atoms with Crippen LogP contribution in [-0.4, -0.2) is 23.2 Å². The van der Waals surface area contributed by atoms with Gasteiger partial charge in [-0.3, -0.25) is 9.59 Å². The number of nitrogens with one attached hydrogen (secondary N) is 2. The van der Waals surface area contributed by atoms with E-state index in [0.29, 0.717) is 11.4 Å². The van der Waals surface area contributed by atoms with Crippen molar-refractivity contribution in [2.75, 3.05) is 0 Å². The van der Waals surface area contributed by atoms with Crippen molar-refractivity contribution in [2.24, 2.45) is 22.0 Å². The van der Waals surface area contributed by atoms with Gasteiger partial charge in [0, 0.05) is 0 Å². The Balaban J connectivity index is 2.08. The minimum absolute atomic E-state index is 0.0782. The first kappa shape index (κ1) is 21.0. The van der Waals surface area contributed by atoms with Crippen LogP contribution in [0.3, 0.4) is 0 Å². The molecule has 0 fully saturated rings. The highest BCUT2D eigenvalue weighted by Gasteiger charge is 2.16. The molecule has 0 radical (unpaired) electrons. The molecular weight excluding hydrogens is 352 g/mol. The Morgan fingerprint density at radius 3 is 1.25 bits per heavy atom.